The second-order valence-electron chi connectivity index (χ2n) is 7.18. The molecule has 5 nitrogen and oxygen atoms in total. The Morgan fingerprint density at radius 1 is 0.931 bits per heavy atom. The van der Waals surface area contributed by atoms with E-state index < -0.39 is 18.5 Å². The summed E-state index contributed by atoms with van der Waals surface area (Å²) in [5.74, 6) is -1.49. The number of amides is 1. The van der Waals surface area contributed by atoms with Gasteiger partial charge in [0.25, 0.3) is 5.91 Å². The number of benzene rings is 2. The van der Waals surface area contributed by atoms with Gasteiger partial charge in [0.05, 0.1) is 6.42 Å². The highest BCUT2D eigenvalue weighted by Gasteiger charge is 2.15. The minimum Gasteiger partial charge on any atom is -0.456 e. The van der Waals surface area contributed by atoms with Crippen molar-refractivity contribution in [1.29, 1.82) is 0 Å². The quantitative estimate of drug-likeness (QED) is 0.546. The van der Waals surface area contributed by atoms with Crippen molar-refractivity contribution in [3.63, 3.8) is 0 Å². The average molecular weight is 397 g/mol. The second-order valence-corrected chi connectivity index (χ2v) is 7.18. The van der Waals surface area contributed by atoms with Gasteiger partial charge < -0.3 is 10.1 Å². The third kappa shape index (κ3) is 6.24. The maximum Gasteiger partial charge on any atom is 0.306 e. The first-order chi connectivity index (χ1) is 14.0. The Hall–Kier alpha value is -3.02. The lowest BCUT2D eigenvalue weighted by Gasteiger charge is -2.16. The van der Waals surface area contributed by atoms with E-state index in [0.717, 1.165) is 24.8 Å². The molecule has 0 spiro atoms. The maximum atomic E-state index is 12.8. The molecule has 0 aromatic heterocycles. The van der Waals surface area contributed by atoms with Crippen LogP contribution in [0.25, 0.3) is 0 Å². The van der Waals surface area contributed by atoms with Crippen LogP contribution in [0.3, 0.4) is 0 Å². The van der Waals surface area contributed by atoms with E-state index in [1.54, 1.807) is 12.1 Å². The van der Waals surface area contributed by atoms with Crippen LogP contribution in [0, 0.1) is 5.82 Å². The topological polar surface area (TPSA) is 72.5 Å². The summed E-state index contributed by atoms with van der Waals surface area (Å²) >= 11 is 0. The van der Waals surface area contributed by atoms with Crippen LogP contribution >= 0.6 is 0 Å². The van der Waals surface area contributed by atoms with Gasteiger partial charge in [0.2, 0.25) is 0 Å². The first kappa shape index (κ1) is 20.7. The lowest BCUT2D eigenvalue weighted by molar-refractivity contribution is -0.148. The number of esters is 1. The molecule has 0 heterocycles. The van der Waals surface area contributed by atoms with Gasteiger partial charge in [-0.2, -0.15) is 0 Å². The van der Waals surface area contributed by atoms with E-state index in [1.165, 1.54) is 29.7 Å². The van der Waals surface area contributed by atoms with Crippen molar-refractivity contribution >= 4 is 17.7 Å². The zero-order chi connectivity index (χ0) is 20.6. The number of hydrogen-bond donors (Lipinski definition) is 1. The molecule has 0 fully saturated rings. The van der Waals surface area contributed by atoms with Gasteiger partial charge in [-0.3, -0.25) is 14.4 Å². The largest absolute Gasteiger partial charge is 0.456 e. The van der Waals surface area contributed by atoms with E-state index >= 15 is 0 Å². The molecule has 1 N–H and O–H groups in total. The minimum atomic E-state index is -0.590. The summed E-state index contributed by atoms with van der Waals surface area (Å²) in [6, 6.07) is 11.5. The van der Waals surface area contributed by atoms with E-state index in [4.69, 9.17) is 4.74 Å². The maximum absolute atomic E-state index is 12.8. The van der Waals surface area contributed by atoms with E-state index in [1.807, 2.05) is 18.2 Å². The number of fused-ring (bicyclic) bond motifs is 1. The Bertz CT molecular complexity index is 892. The molecule has 0 unspecified atom stereocenters. The van der Waals surface area contributed by atoms with Crippen molar-refractivity contribution in [2.75, 3.05) is 6.61 Å². The molecular weight excluding hydrogens is 373 g/mol. The zero-order valence-electron chi connectivity index (χ0n) is 16.2. The molecular formula is C23H24FNO4. The van der Waals surface area contributed by atoms with Gasteiger partial charge in [-0.15, -0.1) is 0 Å². The van der Waals surface area contributed by atoms with E-state index in [9.17, 15) is 18.8 Å². The van der Waals surface area contributed by atoms with Gasteiger partial charge in [0.1, 0.15) is 5.82 Å². The normalized spacial score (nSPS) is 12.7. The summed E-state index contributed by atoms with van der Waals surface area (Å²) in [5.41, 5.74) is 3.89. The Labute approximate surface area is 169 Å². The highest BCUT2D eigenvalue weighted by molar-refractivity contribution is 5.97. The number of carbonyl (C=O) groups is 3. The van der Waals surface area contributed by atoms with Gasteiger partial charge in [0, 0.05) is 18.5 Å². The third-order valence-electron chi connectivity index (χ3n) is 4.99. The summed E-state index contributed by atoms with van der Waals surface area (Å²) in [4.78, 5) is 35.9. The molecule has 1 amide bonds. The molecule has 3 rings (SSSR count). The monoisotopic (exact) mass is 397 g/mol. The number of carbonyl (C=O) groups excluding carboxylic acids is 3. The minimum absolute atomic E-state index is 0.0504. The predicted molar refractivity (Wildman–Crippen MR) is 106 cm³/mol. The Kier molecular flexibility index (Phi) is 7.11. The summed E-state index contributed by atoms with van der Waals surface area (Å²) in [5, 5.41) is 2.59. The van der Waals surface area contributed by atoms with Crippen molar-refractivity contribution in [3.8, 4) is 0 Å². The lowest BCUT2D eigenvalue weighted by atomic mass is 9.89. The molecule has 29 heavy (non-hydrogen) atoms. The van der Waals surface area contributed by atoms with Crippen LogP contribution in [0.15, 0.2) is 42.5 Å². The standard InChI is InChI=1S/C23H24FNO4/c24-20-9-5-16(6-10-20)14-25-22(27)15-29-23(28)12-11-21(26)19-8-7-17-3-1-2-4-18(17)13-19/h5-10,13H,1-4,11-12,14-15H2,(H,25,27). The van der Waals surface area contributed by atoms with Crippen LogP contribution in [-0.4, -0.2) is 24.3 Å². The van der Waals surface area contributed by atoms with Crippen LogP contribution in [0.4, 0.5) is 4.39 Å². The molecule has 2 aromatic rings. The summed E-state index contributed by atoms with van der Waals surface area (Å²) in [6.45, 7) is -0.194. The number of ketones is 1. The van der Waals surface area contributed by atoms with Crippen LogP contribution in [-0.2, 0) is 33.7 Å². The molecule has 0 saturated heterocycles. The third-order valence-corrected chi connectivity index (χ3v) is 4.99. The number of Topliss-reactive ketones (excluding diaryl/α,β-unsaturated/α-hetero) is 1. The average Bonchev–Trinajstić information content (AvgIpc) is 2.75. The fraction of sp³-hybridized carbons (Fsp3) is 0.348. The molecule has 0 atom stereocenters. The van der Waals surface area contributed by atoms with Crippen LogP contribution in [0.1, 0.15) is 52.7 Å². The van der Waals surface area contributed by atoms with Crippen molar-refractivity contribution in [2.24, 2.45) is 0 Å². The highest BCUT2D eigenvalue weighted by atomic mass is 19.1. The van der Waals surface area contributed by atoms with Crippen LogP contribution in [0.5, 0.6) is 0 Å². The number of hydrogen-bond acceptors (Lipinski definition) is 4. The molecule has 0 saturated carbocycles. The molecule has 0 bridgehead atoms. The van der Waals surface area contributed by atoms with Crippen molar-refractivity contribution in [1.82, 2.24) is 5.32 Å². The number of ether oxygens (including phenoxy) is 1. The van der Waals surface area contributed by atoms with E-state index in [2.05, 4.69) is 5.32 Å². The number of aryl methyl sites for hydroxylation is 2. The van der Waals surface area contributed by atoms with Gasteiger partial charge in [0.15, 0.2) is 12.4 Å². The molecule has 152 valence electrons. The molecule has 6 heteroatoms. The van der Waals surface area contributed by atoms with Crippen LogP contribution in [0.2, 0.25) is 0 Å². The van der Waals surface area contributed by atoms with Gasteiger partial charge in [-0.05, 0) is 60.6 Å². The summed E-state index contributed by atoms with van der Waals surface area (Å²) < 4.78 is 17.8. The SMILES string of the molecule is O=C(COC(=O)CCC(=O)c1ccc2c(c1)CCCC2)NCc1ccc(F)cc1. The molecule has 0 radical (unpaired) electrons. The number of rotatable bonds is 8. The first-order valence-electron chi connectivity index (χ1n) is 9.83. The highest BCUT2D eigenvalue weighted by Crippen LogP contribution is 2.23. The fourth-order valence-electron chi connectivity index (χ4n) is 3.34. The van der Waals surface area contributed by atoms with E-state index in [0.29, 0.717) is 5.56 Å². The fourth-order valence-corrected chi connectivity index (χ4v) is 3.34. The molecule has 0 aliphatic heterocycles. The Morgan fingerprint density at radius 3 is 2.41 bits per heavy atom. The smallest absolute Gasteiger partial charge is 0.306 e. The van der Waals surface area contributed by atoms with E-state index in [-0.39, 0.29) is 31.0 Å². The second kappa shape index (κ2) is 9.96. The summed E-state index contributed by atoms with van der Waals surface area (Å²) in [6.07, 6.45) is 4.35. The molecule has 2 aromatic carbocycles. The number of halogens is 1. The van der Waals surface area contributed by atoms with Crippen LogP contribution < -0.4 is 5.32 Å². The Morgan fingerprint density at radius 2 is 1.66 bits per heavy atom. The molecule has 1 aliphatic rings. The van der Waals surface area contributed by atoms with Gasteiger partial charge in [-0.25, -0.2) is 4.39 Å². The van der Waals surface area contributed by atoms with Crippen molar-refractivity contribution in [3.05, 3.63) is 70.5 Å². The zero-order valence-corrected chi connectivity index (χ0v) is 16.2. The van der Waals surface area contributed by atoms with Gasteiger partial charge in [-0.1, -0.05) is 24.3 Å². The Balaban J connectivity index is 1.37. The summed E-state index contributed by atoms with van der Waals surface area (Å²) in [7, 11) is 0. The molecule has 1 aliphatic carbocycles. The lowest BCUT2D eigenvalue weighted by Crippen LogP contribution is -2.28. The first-order valence-corrected chi connectivity index (χ1v) is 9.83. The predicted octanol–water partition coefficient (Wildman–Crippen LogP) is 3.53. The van der Waals surface area contributed by atoms with Gasteiger partial charge >= 0.3 is 5.97 Å². The number of nitrogens with one attached hydrogen (secondary N) is 1. The van der Waals surface area contributed by atoms with Crippen molar-refractivity contribution < 1.29 is 23.5 Å². The van der Waals surface area contributed by atoms with Crippen molar-refractivity contribution in [2.45, 2.75) is 45.1 Å².